The molecule has 0 aliphatic rings. The van der Waals surface area contributed by atoms with Gasteiger partial charge >= 0.3 is 0 Å². The van der Waals surface area contributed by atoms with Gasteiger partial charge in [0.05, 0.1) is 31.9 Å². The van der Waals surface area contributed by atoms with Crippen molar-refractivity contribution in [2.45, 2.75) is 17.3 Å². The average molecular weight is 470 g/mol. The van der Waals surface area contributed by atoms with Crippen LogP contribution in [0.4, 0.5) is 5.69 Å². The average Bonchev–Trinajstić information content (AvgIpc) is 2.77. The van der Waals surface area contributed by atoms with Crippen molar-refractivity contribution >= 4 is 57.5 Å². The third-order valence-electron chi connectivity index (χ3n) is 4.60. The zero-order valence-corrected chi connectivity index (χ0v) is 18.7. The SMILES string of the molecule is C[C@H](Sc1nc2ccccc2c(=O)n1-c1ccc(Cl)c(Cl)c1)C(=O)Nc1ccccc1. The monoisotopic (exact) mass is 469 g/mol. The lowest BCUT2D eigenvalue weighted by molar-refractivity contribution is -0.115. The molecule has 8 heteroatoms. The Morgan fingerprint density at radius 1 is 1.00 bits per heavy atom. The lowest BCUT2D eigenvalue weighted by Crippen LogP contribution is -2.26. The Kier molecular flexibility index (Phi) is 6.32. The second-order valence-electron chi connectivity index (χ2n) is 6.77. The van der Waals surface area contributed by atoms with E-state index in [1.54, 1.807) is 43.3 Å². The second-order valence-corrected chi connectivity index (χ2v) is 8.89. The van der Waals surface area contributed by atoms with Gasteiger partial charge in [0, 0.05) is 5.69 Å². The molecule has 0 unspecified atom stereocenters. The standard InChI is InChI=1S/C23H17Cl2N3O2S/c1-14(21(29)26-15-7-3-2-4-8-15)31-23-27-20-10-6-5-9-17(20)22(30)28(23)16-11-12-18(24)19(25)13-16/h2-14H,1H3,(H,26,29)/t14-/m0/s1. The highest BCUT2D eigenvalue weighted by Gasteiger charge is 2.21. The zero-order chi connectivity index (χ0) is 22.0. The number of fused-ring (bicyclic) bond motifs is 1. The highest BCUT2D eigenvalue weighted by Crippen LogP contribution is 2.29. The van der Waals surface area contributed by atoms with Gasteiger partial charge in [-0.25, -0.2) is 4.98 Å². The maximum Gasteiger partial charge on any atom is 0.266 e. The van der Waals surface area contributed by atoms with Crippen molar-refractivity contribution in [1.82, 2.24) is 9.55 Å². The van der Waals surface area contributed by atoms with Crippen LogP contribution in [0.5, 0.6) is 0 Å². The highest BCUT2D eigenvalue weighted by molar-refractivity contribution is 8.00. The van der Waals surface area contributed by atoms with Gasteiger partial charge < -0.3 is 5.32 Å². The van der Waals surface area contributed by atoms with E-state index in [4.69, 9.17) is 23.2 Å². The van der Waals surface area contributed by atoms with E-state index in [0.29, 0.717) is 37.5 Å². The number of nitrogens with zero attached hydrogens (tertiary/aromatic N) is 2. The molecule has 0 radical (unpaired) electrons. The summed E-state index contributed by atoms with van der Waals surface area (Å²) < 4.78 is 1.46. The third-order valence-corrected chi connectivity index (χ3v) is 6.39. The molecule has 0 saturated heterocycles. The van der Waals surface area contributed by atoms with Crippen LogP contribution in [0.15, 0.2) is 82.7 Å². The summed E-state index contributed by atoms with van der Waals surface area (Å²) >= 11 is 13.4. The lowest BCUT2D eigenvalue weighted by Gasteiger charge is -2.17. The molecule has 1 aromatic heterocycles. The topological polar surface area (TPSA) is 64.0 Å². The molecule has 1 N–H and O–H groups in total. The normalized spacial score (nSPS) is 12.0. The van der Waals surface area contributed by atoms with Gasteiger partial charge in [-0.3, -0.25) is 14.2 Å². The summed E-state index contributed by atoms with van der Waals surface area (Å²) in [5.41, 5.74) is 1.54. The number of hydrogen-bond donors (Lipinski definition) is 1. The summed E-state index contributed by atoms with van der Waals surface area (Å²) in [6.45, 7) is 1.77. The molecule has 1 amide bonds. The van der Waals surface area contributed by atoms with Crippen molar-refractivity contribution in [3.8, 4) is 5.69 Å². The molecule has 1 heterocycles. The van der Waals surface area contributed by atoms with E-state index in [1.165, 1.54) is 16.3 Å². The van der Waals surface area contributed by atoms with Gasteiger partial charge in [-0.15, -0.1) is 0 Å². The van der Waals surface area contributed by atoms with E-state index in [2.05, 4.69) is 10.3 Å². The van der Waals surface area contributed by atoms with Crippen LogP contribution in [0.3, 0.4) is 0 Å². The third kappa shape index (κ3) is 4.61. The molecule has 0 saturated carbocycles. The highest BCUT2D eigenvalue weighted by atomic mass is 35.5. The van der Waals surface area contributed by atoms with Crippen LogP contribution in [0.2, 0.25) is 10.0 Å². The smallest absolute Gasteiger partial charge is 0.266 e. The van der Waals surface area contributed by atoms with Gasteiger partial charge in [-0.2, -0.15) is 0 Å². The lowest BCUT2D eigenvalue weighted by atomic mass is 10.2. The van der Waals surface area contributed by atoms with Crippen molar-refractivity contribution in [3.63, 3.8) is 0 Å². The molecule has 156 valence electrons. The minimum Gasteiger partial charge on any atom is -0.325 e. The number of para-hydroxylation sites is 2. The number of halogens is 2. The van der Waals surface area contributed by atoms with E-state index in [1.807, 2.05) is 36.4 Å². The van der Waals surface area contributed by atoms with Gasteiger partial charge in [-0.1, -0.05) is 65.3 Å². The van der Waals surface area contributed by atoms with Gasteiger partial charge in [0.1, 0.15) is 0 Å². The molecule has 1 atom stereocenters. The summed E-state index contributed by atoms with van der Waals surface area (Å²) in [6.07, 6.45) is 0. The Morgan fingerprint density at radius 2 is 1.71 bits per heavy atom. The maximum atomic E-state index is 13.3. The first-order valence-electron chi connectivity index (χ1n) is 9.44. The summed E-state index contributed by atoms with van der Waals surface area (Å²) in [5, 5.41) is 3.93. The van der Waals surface area contributed by atoms with E-state index in [-0.39, 0.29) is 11.5 Å². The number of carbonyl (C=O) groups excluding carboxylic acids is 1. The fourth-order valence-electron chi connectivity index (χ4n) is 3.02. The minimum atomic E-state index is -0.512. The molecule has 0 spiro atoms. The quantitative estimate of drug-likeness (QED) is 0.295. The Morgan fingerprint density at radius 3 is 2.45 bits per heavy atom. The number of aromatic nitrogens is 2. The number of carbonyl (C=O) groups is 1. The molecule has 31 heavy (non-hydrogen) atoms. The van der Waals surface area contributed by atoms with Gasteiger partial charge in [0.2, 0.25) is 5.91 Å². The van der Waals surface area contributed by atoms with Gasteiger partial charge in [0.15, 0.2) is 5.16 Å². The van der Waals surface area contributed by atoms with Crippen molar-refractivity contribution in [1.29, 1.82) is 0 Å². The molecular formula is C23H17Cl2N3O2S. The van der Waals surface area contributed by atoms with Gasteiger partial charge in [-0.05, 0) is 49.4 Å². The fraction of sp³-hybridized carbons (Fsp3) is 0.0870. The van der Waals surface area contributed by atoms with Crippen molar-refractivity contribution < 1.29 is 4.79 Å². The van der Waals surface area contributed by atoms with Crippen molar-refractivity contribution in [2.75, 3.05) is 5.32 Å². The van der Waals surface area contributed by atoms with E-state index >= 15 is 0 Å². The van der Waals surface area contributed by atoms with Crippen LogP contribution in [-0.4, -0.2) is 20.7 Å². The molecule has 4 rings (SSSR count). The molecule has 0 aliphatic carbocycles. The first-order chi connectivity index (χ1) is 14.9. The Balaban J connectivity index is 1.76. The summed E-state index contributed by atoms with van der Waals surface area (Å²) in [7, 11) is 0. The second kappa shape index (κ2) is 9.14. The van der Waals surface area contributed by atoms with E-state index in [9.17, 15) is 9.59 Å². The van der Waals surface area contributed by atoms with Crippen molar-refractivity contribution in [2.24, 2.45) is 0 Å². The predicted molar refractivity (Wildman–Crippen MR) is 128 cm³/mol. The van der Waals surface area contributed by atoms with Crippen molar-refractivity contribution in [3.05, 3.63) is 93.2 Å². The van der Waals surface area contributed by atoms with Crippen LogP contribution in [0, 0.1) is 0 Å². The number of anilines is 1. The largest absolute Gasteiger partial charge is 0.325 e. The first-order valence-corrected chi connectivity index (χ1v) is 11.1. The Labute approximate surface area is 193 Å². The summed E-state index contributed by atoms with van der Waals surface area (Å²) in [5.74, 6) is -0.195. The first kappa shape index (κ1) is 21.4. The molecule has 0 aliphatic heterocycles. The number of amides is 1. The van der Waals surface area contributed by atoms with Crippen LogP contribution < -0.4 is 10.9 Å². The van der Waals surface area contributed by atoms with Crippen LogP contribution in [0.1, 0.15) is 6.92 Å². The van der Waals surface area contributed by atoms with E-state index in [0.717, 1.165) is 0 Å². The number of thioether (sulfide) groups is 1. The minimum absolute atomic E-state index is 0.195. The summed E-state index contributed by atoms with van der Waals surface area (Å²) in [4.78, 5) is 30.7. The molecule has 0 bridgehead atoms. The van der Waals surface area contributed by atoms with Crippen LogP contribution in [-0.2, 0) is 4.79 Å². The molecular weight excluding hydrogens is 453 g/mol. The molecule has 0 fully saturated rings. The van der Waals surface area contributed by atoms with Gasteiger partial charge in [0.25, 0.3) is 5.56 Å². The fourth-order valence-corrected chi connectivity index (χ4v) is 4.24. The number of nitrogens with one attached hydrogen (secondary N) is 1. The van der Waals surface area contributed by atoms with Crippen LogP contribution >= 0.6 is 35.0 Å². The predicted octanol–water partition coefficient (Wildman–Crippen LogP) is 5.81. The number of hydrogen-bond acceptors (Lipinski definition) is 4. The Bertz CT molecular complexity index is 1330. The summed E-state index contributed by atoms with van der Waals surface area (Å²) in [6, 6.07) is 21.2. The zero-order valence-electron chi connectivity index (χ0n) is 16.4. The number of rotatable bonds is 5. The molecule has 5 nitrogen and oxygen atoms in total. The molecule has 3 aromatic carbocycles. The molecule has 4 aromatic rings. The Hall–Kier alpha value is -2.80. The van der Waals surface area contributed by atoms with E-state index < -0.39 is 5.25 Å². The maximum absolute atomic E-state index is 13.3. The van der Waals surface area contributed by atoms with Crippen LogP contribution in [0.25, 0.3) is 16.6 Å². The number of benzene rings is 3.